The molecule has 0 spiro atoms. The van der Waals surface area contributed by atoms with Gasteiger partial charge in [0.2, 0.25) is 0 Å². The first kappa shape index (κ1) is 20.8. The summed E-state index contributed by atoms with van der Waals surface area (Å²) in [5.41, 5.74) is 4.09. The summed E-state index contributed by atoms with van der Waals surface area (Å²) in [4.78, 5) is 23.9. The van der Waals surface area contributed by atoms with Crippen molar-refractivity contribution in [2.24, 2.45) is 0 Å². The van der Waals surface area contributed by atoms with Crippen LogP contribution in [0, 0.1) is 13.8 Å². The molecule has 0 aliphatic rings. The predicted octanol–water partition coefficient (Wildman–Crippen LogP) is 4.93. The van der Waals surface area contributed by atoms with E-state index < -0.39 is 0 Å². The number of nitrogens with zero attached hydrogens (tertiary/aromatic N) is 3. The lowest BCUT2D eigenvalue weighted by molar-refractivity contribution is -0.120. The van der Waals surface area contributed by atoms with E-state index in [-0.39, 0.29) is 12.5 Å². The molecule has 0 fully saturated rings. The Labute approximate surface area is 185 Å². The lowest BCUT2D eigenvalue weighted by Crippen LogP contribution is -2.34. The zero-order chi connectivity index (χ0) is 21.8. The predicted molar refractivity (Wildman–Crippen MR) is 123 cm³/mol. The molecule has 0 aliphatic heterocycles. The number of amides is 1. The molecule has 0 saturated carbocycles. The third-order valence-corrected chi connectivity index (χ3v) is 6.16. The Balaban J connectivity index is 1.61. The number of carbonyl (C=O) groups is 1. The Kier molecular flexibility index (Phi) is 6.13. The number of hydrogen-bond acceptors (Lipinski definition) is 6. The molecule has 2 aromatic carbocycles. The highest BCUT2D eigenvalue weighted by Gasteiger charge is 2.22. The first-order chi connectivity index (χ1) is 15.0. The van der Waals surface area contributed by atoms with Gasteiger partial charge >= 0.3 is 0 Å². The minimum absolute atomic E-state index is 0.0967. The van der Waals surface area contributed by atoms with E-state index in [2.05, 4.69) is 24.0 Å². The van der Waals surface area contributed by atoms with Crippen LogP contribution in [0.15, 0.2) is 60.9 Å². The third kappa shape index (κ3) is 4.67. The van der Waals surface area contributed by atoms with Gasteiger partial charge in [-0.25, -0.2) is 4.98 Å². The zero-order valence-electron chi connectivity index (χ0n) is 17.7. The molecule has 7 heteroatoms. The van der Waals surface area contributed by atoms with Gasteiger partial charge in [-0.2, -0.15) is 0 Å². The van der Waals surface area contributed by atoms with E-state index in [1.165, 1.54) is 11.3 Å². The monoisotopic (exact) mass is 433 g/mol. The number of benzene rings is 2. The van der Waals surface area contributed by atoms with Gasteiger partial charge in [0.1, 0.15) is 11.5 Å². The molecule has 158 valence electrons. The molecule has 31 heavy (non-hydrogen) atoms. The first-order valence-corrected chi connectivity index (χ1v) is 10.7. The van der Waals surface area contributed by atoms with Crippen molar-refractivity contribution in [2.75, 3.05) is 18.6 Å². The van der Waals surface area contributed by atoms with Gasteiger partial charge < -0.3 is 9.47 Å². The Bertz CT molecular complexity index is 1150. The topological polar surface area (TPSA) is 64.6 Å². The fourth-order valence-corrected chi connectivity index (χ4v) is 4.32. The maximum absolute atomic E-state index is 13.2. The number of rotatable bonds is 7. The van der Waals surface area contributed by atoms with E-state index in [0.717, 1.165) is 32.7 Å². The van der Waals surface area contributed by atoms with Crippen LogP contribution in [0.25, 0.3) is 10.2 Å². The van der Waals surface area contributed by atoms with E-state index in [1.807, 2.05) is 19.1 Å². The summed E-state index contributed by atoms with van der Waals surface area (Å²) in [6.45, 7) is 4.37. The summed E-state index contributed by atoms with van der Waals surface area (Å²) < 4.78 is 12.0. The fourth-order valence-electron chi connectivity index (χ4n) is 3.20. The van der Waals surface area contributed by atoms with Crippen LogP contribution in [0.5, 0.6) is 11.5 Å². The summed E-state index contributed by atoms with van der Waals surface area (Å²) in [7, 11) is 1.61. The molecule has 6 nitrogen and oxygen atoms in total. The van der Waals surface area contributed by atoms with Crippen molar-refractivity contribution in [1.82, 2.24) is 9.97 Å². The van der Waals surface area contributed by atoms with E-state index in [4.69, 9.17) is 14.5 Å². The van der Waals surface area contributed by atoms with E-state index in [0.29, 0.717) is 17.4 Å². The summed E-state index contributed by atoms with van der Waals surface area (Å²) in [6.07, 6.45) is 3.47. The molecule has 2 heterocycles. The number of anilines is 1. The molecule has 1 amide bonds. The minimum Gasteiger partial charge on any atom is -0.497 e. The Morgan fingerprint density at radius 3 is 2.45 bits per heavy atom. The molecule has 0 aliphatic carbocycles. The lowest BCUT2D eigenvalue weighted by Gasteiger charge is -2.20. The van der Waals surface area contributed by atoms with E-state index in [9.17, 15) is 4.79 Å². The highest BCUT2D eigenvalue weighted by Crippen LogP contribution is 2.34. The van der Waals surface area contributed by atoms with Gasteiger partial charge in [0.05, 0.1) is 23.9 Å². The van der Waals surface area contributed by atoms with Crippen molar-refractivity contribution in [2.45, 2.75) is 20.4 Å². The number of hydrogen-bond donors (Lipinski definition) is 0. The van der Waals surface area contributed by atoms with Crippen molar-refractivity contribution in [1.29, 1.82) is 0 Å². The smallest absolute Gasteiger partial charge is 0.267 e. The second-order valence-electron chi connectivity index (χ2n) is 7.18. The van der Waals surface area contributed by atoms with Gasteiger partial charge in [0.25, 0.3) is 5.91 Å². The Hall–Kier alpha value is -3.45. The maximum atomic E-state index is 13.2. The largest absolute Gasteiger partial charge is 0.497 e. The van der Waals surface area contributed by atoms with Crippen molar-refractivity contribution in [3.05, 3.63) is 77.6 Å². The Morgan fingerprint density at radius 2 is 1.77 bits per heavy atom. The van der Waals surface area contributed by atoms with Crippen molar-refractivity contribution in [3.8, 4) is 11.5 Å². The maximum Gasteiger partial charge on any atom is 0.267 e. The number of ether oxygens (including phenoxy) is 2. The number of carbonyl (C=O) groups excluding carboxylic acids is 1. The standard InChI is InChI=1S/C24H23N3O3S/c1-16-6-7-17(2)23-22(16)26-24(31-23)27(14-18-5-4-12-25-13-18)21(28)15-30-20-10-8-19(29-3)9-11-20/h4-13H,14-15H2,1-3H3. The SMILES string of the molecule is COc1ccc(OCC(=O)N(Cc2cccnc2)c2nc3c(C)ccc(C)c3s2)cc1. The molecular weight excluding hydrogens is 410 g/mol. The highest BCUT2D eigenvalue weighted by atomic mass is 32.1. The van der Waals surface area contributed by atoms with E-state index in [1.54, 1.807) is 48.7 Å². The second kappa shape index (κ2) is 9.14. The quantitative estimate of drug-likeness (QED) is 0.414. The lowest BCUT2D eigenvalue weighted by atomic mass is 10.1. The van der Waals surface area contributed by atoms with Gasteiger partial charge in [-0.05, 0) is 60.9 Å². The number of aromatic nitrogens is 2. The van der Waals surface area contributed by atoms with Crippen LogP contribution >= 0.6 is 11.3 Å². The number of thiazole rings is 1. The third-order valence-electron chi connectivity index (χ3n) is 4.95. The highest BCUT2D eigenvalue weighted by molar-refractivity contribution is 7.22. The first-order valence-electron chi connectivity index (χ1n) is 9.88. The molecule has 4 rings (SSSR count). The van der Waals surface area contributed by atoms with Gasteiger partial charge in [-0.1, -0.05) is 29.5 Å². The minimum atomic E-state index is -0.172. The molecule has 0 N–H and O–H groups in total. The van der Waals surface area contributed by atoms with Crippen molar-refractivity contribution >= 4 is 32.6 Å². The van der Waals surface area contributed by atoms with Crippen LogP contribution in [0.4, 0.5) is 5.13 Å². The average molecular weight is 434 g/mol. The van der Waals surface area contributed by atoms with Gasteiger partial charge in [0, 0.05) is 12.4 Å². The van der Waals surface area contributed by atoms with Gasteiger partial charge in [-0.15, -0.1) is 0 Å². The summed E-state index contributed by atoms with van der Waals surface area (Å²) in [5.74, 6) is 1.16. The van der Waals surface area contributed by atoms with Crippen molar-refractivity contribution < 1.29 is 14.3 Å². The van der Waals surface area contributed by atoms with Gasteiger partial charge in [0.15, 0.2) is 11.7 Å². The fraction of sp³-hybridized carbons (Fsp3) is 0.208. The van der Waals surface area contributed by atoms with E-state index >= 15 is 0 Å². The molecule has 0 saturated heterocycles. The van der Waals surface area contributed by atoms with Gasteiger partial charge in [-0.3, -0.25) is 14.7 Å². The van der Waals surface area contributed by atoms with Crippen LogP contribution in [0.2, 0.25) is 0 Å². The van der Waals surface area contributed by atoms with Crippen molar-refractivity contribution in [3.63, 3.8) is 0 Å². The molecule has 0 unspecified atom stereocenters. The van der Waals surface area contributed by atoms with Crippen LogP contribution in [-0.2, 0) is 11.3 Å². The molecule has 0 bridgehead atoms. The summed E-state index contributed by atoms with van der Waals surface area (Å²) >= 11 is 1.52. The molecule has 4 aromatic rings. The number of fused-ring (bicyclic) bond motifs is 1. The second-order valence-corrected chi connectivity index (χ2v) is 8.16. The van der Waals surface area contributed by atoms with Crippen LogP contribution < -0.4 is 14.4 Å². The number of methoxy groups -OCH3 is 1. The zero-order valence-corrected chi connectivity index (χ0v) is 18.5. The number of aryl methyl sites for hydroxylation is 2. The van der Waals surface area contributed by atoms with Crippen LogP contribution in [-0.4, -0.2) is 29.6 Å². The normalized spacial score (nSPS) is 10.8. The molecule has 2 aromatic heterocycles. The van der Waals surface area contributed by atoms with Crippen LogP contribution in [0.3, 0.4) is 0 Å². The summed E-state index contributed by atoms with van der Waals surface area (Å²) in [6, 6.07) is 15.1. The summed E-state index contributed by atoms with van der Waals surface area (Å²) in [5, 5.41) is 0.652. The average Bonchev–Trinajstić information content (AvgIpc) is 3.26. The Morgan fingerprint density at radius 1 is 1.03 bits per heavy atom. The van der Waals surface area contributed by atoms with Crippen LogP contribution in [0.1, 0.15) is 16.7 Å². The molecule has 0 atom stereocenters. The number of pyridine rings is 1. The molecule has 0 radical (unpaired) electrons. The molecular formula is C24H23N3O3S.